The van der Waals surface area contributed by atoms with Crippen molar-refractivity contribution in [3.63, 3.8) is 0 Å². The third-order valence-electron chi connectivity index (χ3n) is 0.728. The molecule has 0 unspecified atom stereocenters. The summed E-state index contributed by atoms with van der Waals surface area (Å²) in [5.41, 5.74) is 0. The largest absolute Gasteiger partial charge is 0.367 e. The lowest BCUT2D eigenvalue weighted by molar-refractivity contribution is -0.258. The summed E-state index contributed by atoms with van der Waals surface area (Å²) in [5.74, 6) is 0. The predicted octanol–water partition coefficient (Wildman–Crippen LogP) is -0.263. The molecule has 54 valence electrons. The van der Waals surface area contributed by atoms with Gasteiger partial charge in [0.25, 0.3) is 0 Å². The molecule has 0 saturated carbocycles. The molecule has 0 radical (unpaired) electrons. The van der Waals surface area contributed by atoms with E-state index < -0.39 is 6.79 Å². The summed E-state index contributed by atoms with van der Waals surface area (Å²) in [5, 5.41) is 8.12. The van der Waals surface area contributed by atoms with Crippen molar-refractivity contribution >= 4 is 0 Å². The fourth-order valence-electron chi connectivity index (χ4n) is 0.408. The Kier molecular flexibility index (Phi) is 2.60. The van der Waals surface area contributed by atoms with Crippen LogP contribution in [0.25, 0.3) is 0 Å². The minimum absolute atomic E-state index is 0.0801. The highest BCUT2D eigenvalue weighted by atomic mass is 17.2. The van der Waals surface area contributed by atoms with Crippen molar-refractivity contribution < 1.29 is 14.9 Å². The summed E-state index contributed by atoms with van der Waals surface area (Å²) in [7, 11) is 0. The van der Waals surface area contributed by atoms with Crippen LogP contribution in [0.2, 0.25) is 0 Å². The number of nitrogens with zero attached hydrogens (tertiary/aromatic N) is 2. The number of aliphatic hydroxyl groups is 1. The van der Waals surface area contributed by atoms with Crippen LogP contribution in [0.1, 0.15) is 0 Å². The normalized spacial score (nSPS) is 9.30. The van der Waals surface area contributed by atoms with Gasteiger partial charge in [-0.05, 0) is 6.07 Å². The first-order valence-corrected chi connectivity index (χ1v) is 2.61. The molecule has 0 atom stereocenters. The molecule has 1 N–H and O–H groups in total. The molecule has 1 aromatic rings. The number of rotatable bonds is 3. The molecule has 0 bridgehead atoms. The second-order valence-corrected chi connectivity index (χ2v) is 1.36. The van der Waals surface area contributed by atoms with Crippen LogP contribution in [-0.2, 0) is 4.89 Å². The van der Waals surface area contributed by atoms with Crippen LogP contribution in [-0.4, -0.2) is 21.9 Å². The number of aliphatic hydroxyl groups excluding tert-OH is 1. The fraction of sp³-hybridized carbons (Fsp3) is 0.200. The topological polar surface area (TPSA) is 64.5 Å². The Morgan fingerprint density at radius 2 is 2.10 bits per heavy atom. The molecular formula is C5H6N2O3. The average molecular weight is 142 g/mol. The van der Waals surface area contributed by atoms with Crippen LogP contribution in [0.5, 0.6) is 6.01 Å². The van der Waals surface area contributed by atoms with Crippen LogP contribution >= 0.6 is 0 Å². The Balaban J connectivity index is 2.43. The van der Waals surface area contributed by atoms with E-state index in [1.165, 1.54) is 12.4 Å². The van der Waals surface area contributed by atoms with E-state index in [0.717, 1.165) is 0 Å². The van der Waals surface area contributed by atoms with E-state index in [2.05, 4.69) is 19.7 Å². The summed E-state index contributed by atoms with van der Waals surface area (Å²) < 4.78 is 0. The first-order valence-electron chi connectivity index (χ1n) is 2.61. The summed E-state index contributed by atoms with van der Waals surface area (Å²) in [6.45, 7) is -0.516. The van der Waals surface area contributed by atoms with Crippen LogP contribution in [0.15, 0.2) is 18.5 Å². The smallest absolute Gasteiger partial charge is 0.353 e. The van der Waals surface area contributed by atoms with E-state index in [0.29, 0.717) is 0 Å². The minimum atomic E-state index is -0.516. The van der Waals surface area contributed by atoms with Gasteiger partial charge in [-0.1, -0.05) is 0 Å². The van der Waals surface area contributed by atoms with Gasteiger partial charge in [0.2, 0.25) is 0 Å². The lowest BCUT2D eigenvalue weighted by Gasteiger charge is -1.96. The number of hydrogen-bond acceptors (Lipinski definition) is 5. The lowest BCUT2D eigenvalue weighted by atomic mass is 10.7. The third kappa shape index (κ3) is 1.96. The van der Waals surface area contributed by atoms with Crippen LogP contribution in [0, 0.1) is 0 Å². The summed E-state index contributed by atoms with van der Waals surface area (Å²) >= 11 is 0. The maximum atomic E-state index is 8.12. The molecule has 0 saturated heterocycles. The molecule has 0 amide bonds. The molecule has 0 aromatic carbocycles. The highest BCUT2D eigenvalue weighted by molar-refractivity contribution is 4.91. The van der Waals surface area contributed by atoms with Gasteiger partial charge in [-0.25, -0.2) is 9.97 Å². The van der Waals surface area contributed by atoms with Crippen LogP contribution in [0.3, 0.4) is 0 Å². The van der Waals surface area contributed by atoms with E-state index >= 15 is 0 Å². The van der Waals surface area contributed by atoms with E-state index in [-0.39, 0.29) is 6.01 Å². The zero-order valence-electron chi connectivity index (χ0n) is 5.10. The summed E-state index contributed by atoms with van der Waals surface area (Å²) in [6, 6.07) is 1.72. The van der Waals surface area contributed by atoms with Gasteiger partial charge in [0, 0.05) is 12.4 Å². The van der Waals surface area contributed by atoms with Gasteiger partial charge >= 0.3 is 6.01 Å². The Morgan fingerprint density at radius 1 is 1.40 bits per heavy atom. The van der Waals surface area contributed by atoms with Gasteiger partial charge < -0.3 is 5.11 Å². The van der Waals surface area contributed by atoms with Crippen molar-refractivity contribution in [1.29, 1.82) is 0 Å². The molecule has 0 fully saturated rings. The second kappa shape index (κ2) is 3.76. The second-order valence-electron chi connectivity index (χ2n) is 1.36. The molecule has 10 heavy (non-hydrogen) atoms. The van der Waals surface area contributed by atoms with Gasteiger partial charge in [0.1, 0.15) is 0 Å². The Morgan fingerprint density at radius 3 is 2.70 bits per heavy atom. The zero-order chi connectivity index (χ0) is 7.23. The Labute approximate surface area is 57.2 Å². The van der Waals surface area contributed by atoms with E-state index in [4.69, 9.17) is 5.11 Å². The fourth-order valence-corrected chi connectivity index (χ4v) is 0.408. The van der Waals surface area contributed by atoms with Crippen LogP contribution < -0.4 is 4.89 Å². The highest BCUT2D eigenvalue weighted by Gasteiger charge is 1.92. The average Bonchev–Trinajstić information content (AvgIpc) is 2.03. The Hall–Kier alpha value is -1.20. The van der Waals surface area contributed by atoms with Gasteiger partial charge in [-0.3, -0.25) is 4.89 Å². The van der Waals surface area contributed by atoms with E-state index in [9.17, 15) is 0 Å². The van der Waals surface area contributed by atoms with Crippen molar-refractivity contribution in [2.45, 2.75) is 0 Å². The number of hydrogen-bond donors (Lipinski definition) is 1. The molecule has 0 aliphatic carbocycles. The molecule has 0 aliphatic heterocycles. The SMILES string of the molecule is OCOOc1ncccn1. The van der Waals surface area contributed by atoms with Crippen LogP contribution in [0.4, 0.5) is 0 Å². The standard InChI is InChI=1S/C5H6N2O3/c8-4-9-10-5-6-2-1-3-7-5/h1-3,8H,4H2. The van der Waals surface area contributed by atoms with Crippen molar-refractivity contribution in [3.8, 4) is 6.01 Å². The molecule has 0 spiro atoms. The Bertz CT molecular complexity index is 180. The van der Waals surface area contributed by atoms with Gasteiger partial charge in [-0.2, -0.15) is 4.89 Å². The molecular weight excluding hydrogens is 136 g/mol. The van der Waals surface area contributed by atoms with E-state index in [1.807, 2.05) is 0 Å². The summed E-state index contributed by atoms with van der Waals surface area (Å²) in [4.78, 5) is 15.8. The monoisotopic (exact) mass is 142 g/mol. The number of aromatic nitrogens is 2. The molecule has 1 aromatic heterocycles. The van der Waals surface area contributed by atoms with Crippen molar-refractivity contribution in [3.05, 3.63) is 18.5 Å². The third-order valence-corrected chi connectivity index (χ3v) is 0.728. The molecule has 1 heterocycles. The molecule has 1 rings (SSSR count). The minimum Gasteiger partial charge on any atom is -0.367 e. The molecule has 5 nitrogen and oxygen atoms in total. The maximum absolute atomic E-state index is 8.12. The molecule has 0 aliphatic rings. The summed E-state index contributed by atoms with van der Waals surface area (Å²) in [6.07, 6.45) is 3.01. The zero-order valence-corrected chi connectivity index (χ0v) is 5.10. The first-order chi connectivity index (χ1) is 4.93. The molecule has 5 heteroatoms. The highest BCUT2D eigenvalue weighted by Crippen LogP contribution is 1.96. The van der Waals surface area contributed by atoms with E-state index in [1.54, 1.807) is 6.07 Å². The lowest BCUT2D eigenvalue weighted by Crippen LogP contribution is -2.00. The quantitative estimate of drug-likeness (QED) is 0.357. The van der Waals surface area contributed by atoms with Crippen molar-refractivity contribution in [2.75, 3.05) is 6.79 Å². The van der Waals surface area contributed by atoms with Gasteiger partial charge in [0.05, 0.1) is 0 Å². The predicted molar refractivity (Wildman–Crippen MR) is 30.8 cm³/mol. The van der Waals surface area contributed by atoms with Crippen molar-refractivity contribution in [2.24, 2.45) is 0 Å². The van der Waals surface area contributed by atoms with Gasteiger partial charge in [0.15, 0.2) is 6.79 Å². The first kappa shape index (κ1) is 6.91. The maximum Gasteiger partial charge on any atom is 0.353 e. The van der Waals surface area contributed by atoms with Gasteiger partial charge in [-0.15, -0.1) is 0 Å². The van der Waals surface area contributed by atoms with Crippen molar-refractivity contribution in [1.82, 2.24) is 9.97 Å².